The molecule has 0 atom stereocenters. The van der Waals surface area contributed by atoms with Gasteiger partial charge in [0.05, 0.1) is 26.9 Å². The minimum Gasteiger partial charge on any atom is -0.496 e. The fourth-order valence-electron chi connectivity index (χ4n) is 3.82. The fourth-order valence-corrected chi connectivity index (χ4v) is 4.12. The van der Waals surface area contributed by atoms with Crippen molar-refractivity contribution in [2.24, 2.45) is 0 Å². The zero-order valence-electron chi connectivity index (χ0n) is 20.6. The molecule has 1 aliphatic rings. The second-order valence-corrected chi connectivity index (χ2v) is 8.44. The number of piperidine rings is 1. The Morgan fingerprint density at radius 3 is 2.14 bits per heavy atom. The molecule has 8 nitrogen and oxygen atoms in total. The van der Waals surface area contributed by atoms with E-state index in [1.807, 2.05) is 30.3 Å². The third-order valence-corrected chi connectivity index (χ3v) is 6.09. The van der Waals surface area contributed by atoms with Crippen molar-refractivity contribution < 1.29 is 28.9 Å². The predicted molar refractivity (Wildman–Crippen MR) is 141 cm³/mol. The van der Waals surface area contributed by atoms with Crippen LogP contribution in [0.4, 0.5) is 0 Å². The maximum absolute atomic E-state index is 11.1. The highest BCUT2D eigenvalue weighted by atomic mass is 32.1. The topological polar surface area (TPSA) is 98.3 Å². The van der Waals surface area contributed by atoms with Crippen LogP contribution >= 0.6 is 12.6 Å². The maximum Gasteiger partial charge on any atom is 0.279 e. The van der Waals surface area contributed by atoms with E-state index in [9.17, 15) is 4.79 Å². The molecule has 1 amide bonds. The molecule has 36 heavy (non-hydrogen) atoms. The van der Waals surface area contributed by atoms with Crippen LogP contribution in [0.2, 0.25) is 0 Å². The summed E-state index contributed by atoms with van der Waals surface area (Å²) in [5.74, 6) is 2.14. The summed E-state index contributed by atoms with van der Waals surface area (Å²) in [6.07, 6.45) is 2.46. The Morgan fingerprint density at radius 1 is 0.889 bits per heavy atom. The van der Waals surface area contributed by atoms with Gasteiger partial charge in [0.1, 0.15) is 17.6 Å². The van der Waals surface area contributed by atoms with E-state index in [1.165, 1.54) is 12.6 Å². The number of methoxy groups -OCH3 is 3. The van der Waals surface area contributed by atoms with Gasteiger partial charge in [-0.1, -0.05) is 24.3 Å². The number of carbonyl (C=O) groups excluding carboxylic acids is 1. The first-order valence-electron chi connectivity index (χ1n) is 11.5. The van der Waals surface area contributed by atoms with Gasteiger partial charge >= 0.3 is 0 Å². The number of hydroxylamine groups is 1. The van der Waals surface area contributed by atoms with Crippen molar-refractivity contribution in [2.75, 3.05) is 34.4 Å². The summed E-state index contributed by atoms with van der Waals surface area (Å²) < 4.78 is 21.6. The quantitative estimate of drug-likeness (QED) is 0.209. The van der Waals surface area contributed by atoms with Gasteiger partial charge in [-0.25, -0.2) is 5.48 Å². The normalized spacial score (nSPS) is 13.1. The van der Waals surface area contributed by atoms with Gasteiger partial charge in [-0.2, -0.15) is 0 Å². The van der Waals surface area contributed by atoms with E-state index in [1.54, 1.807) is 32.4 Å². The van der Waals surface area contributed by atoms with Gasteiger partial charge in [0, 0.05) is 4.90 Å². The van der Waals surface area contributed by atoms with Crippen LogP contribution in [0.25, 0.3) is 11.1 Å². The highest BCUT2D eigenvalue weighted by molar-refractivity contribution is 7.80. The van der Waals surface area contributed by atoms with Gasteiger partial charge in [-0.05, 0) is 73.5 Å². The summed E-state index contributed by atoms with van der Waals surface area (Å²) in [7, 11) is 4.73. The lowest BCUT2D eigenvalue weighted by atomic mass is 10.0. The van der Waals surface area contributed by atoms with Crippen molar-refractivity contribution in [1.29, 1.82) is 0 Å². The molecule has 3 N–H and O–H groups in total. The predicted octanol–water partition coefficient (Wildman–Crippen LogP) is 4.60. The van der Waals surface area contributed by atoms with Gasteiger partial charge in [0.25, 0.3) is 5.91 Å². The molecule has 1 aliphatic heterocycles. The van der Waals surface area contributed by atoms with Gasteiger partial charge in [0.2, 0.25) is 0 Å². The van der Waals surface area contributed by atoms with Crippen molar-refractivity contribution >= 4 is 18.5 Å². The minimum atomic E-state index is -0.637. The second kappa shape index (κ2) is 13.6. The molecule has 3 aromatic carbocycles. The Balaban J connectivity index is 0.000000236. The largest absolute Gasteiger partial charge is 0.496 e. The van der Waals surface area contributed by atoms with Gasteiger partial charge < -0.3 is 24.3 Å². The van der Waals surface area contributed by atoms with Crippen LogP contribution < -0.4 is 29.7 Å². The first kappa shape index (κ1) is 27.2. The SMILES string of the molecule is COc1ccc(-c2ccc(OC3CCNCC3)cc2)cc1OC.COc1cccc(S)c1C(=O)NO. The third-order valence-electron chi connectivity index (χ3n) is 5.71. The van der Waals surface area contributed by atoms with Gasteiger partial charge in [-0.3, -0.25) is 10.0 Å². The van der Waals surface area contributed by atoms with Crippen LogP contribution in [0.15, 0.2) is 65.6 Å². The van der Waals surface area contributed by atoms with Gasteiger partial charge in [-0.15, -0.1) is 12.6 Å². The van der Waals surface area contributed by atoms with Crippen LogP contribution in [-0.4, -0.2) is 51.6 Å². The minimum absolute atomic E-state index is 0.218. The Bertz CT molecular complexity index is 1130. The molecule has 0 aromatic heterocycles. The second-order valence-electron chi connectivity index (χ2n) is 7.96. The first-order valence-corrected chi connectivity index (χ1v) is 12.0. The third kappa shape index (κ3) is 7.07. The molecule has 0 saturated carbocycles. The smallest absolute Gasteiger partial charge is 0.279 e. The molecule has 3 aromatic rings. The van der Waals surface area contributed by atoms with E-state index in [2.05, 4.69) is 30.1 Å². The van der Waals surface area contributed by atoms with Crippen molar-refractivity contribution in [2.45, 2.75) is 23.8 Å². The number of amides is 1. The summed E-state index contributed by atoms with van der Waals surface area (Å²) in [5, 5.41) is 11.8. The molecule has 192 valence electrons. The molecule has 0 aliphatic carbocycles. The Kier molecular flexibility index (Phi) is 10.3. The van der Waals surface area contributed by atoms with E-state index in [4.69, 9.17) is 24.2 Å². The maximum atomic E-state index is 11.1. The van der Waals surface area contributed by atoms with Crippen LogP contribution in [0.1, 0.15) is 23.2 Å². The number of hydrogen-bond donors (Lipinski definition) is 4. The number of ether oxygens (including phenoxy) is 4. The highest BCUT2D eigenvalue weighted by Gasteiger charge is 2.15. The fraction of sp³-hybridized carbons (Fsp3) is 0.296. The van der Waals surface area contributed by atoms with Crippen LogP contribution in [0.5, 0.6) is 23.0 Å². The molecule has 0 radical (unpaired) electrons. The zero-order chi connectivity index (χ0) is 25.9. The van der Waals surface area contributed by atoms with E-state index in [0.29, 0.717) is 16.7 Å². The summed E-state index contributed by atoms with van der Waals surface area (Å²) in [6.45, 7) is 2.07. The Hall–Kier alpha value is -3.40. The number of hydrogen-bond acceptors (Lipinski definition) is 8. The Morgan fingerprint density at radius 2 is 1.53 bits per heavy atom. The molecule has 0 bridgehead atoms. The van der Waals surface area contributed by atoms with Crippen molar-refractivity contribution in [3.8, 4) is 34.1 Å². The summed E-state index contributed by atoms with van der Waals surface area (Å²) in [5.41, 5.74) is 3.97. The van der Waals surface area contributed by atoms with E-state index in [-0.39, 0.29) is 5.56 Å². The average molecular weight is 513 g/mol. The van der Waals surface area contributed by atoms with Crippen LogP contribution in [-0.2, 0) is 0 Å². The van der Waals surface area contributed by atoms with Crippen LogP contribution in [0.3, 0.4) is 0 Å². The first-order chi connectivity index (χ1) is 17.5. The lowest BCUT2D eigenvalue weighted by Crippen LogP contribution is -2.34. The monoisotopic (exact) mass is 512 g/mol. The average Bonchev–Trinajstić information content (AvgIpc) is 2.93. The Labute approximate surface area is 216 Å². The molecule has 0 unspecified atom stereocenters. The number of thiol groups is 1. The number of benzene rings is 3. The molecule has 1 saturated heterocycles. The number of carbonyl (C=O) groups is 1. The van der Waals surface area contributed by atoms with E-state index in [0.717, 1.165) is 54.3 Å². The van der Waals surface area contributed by atoms with Crippen molar-refractivity contribution in [3.63, 3.8) is 0 Å². The number of rotatable bonds is 7. The molecule has 0 spiro atoms. The van der Waals surface area contributed by atoms with E-state index >= 15 is 0 Å². The highest BCUT2D eigenvalue weighted by Crippen LogP contribution is 2.33. The van der Waals surface area contributed by atoms with E-state index < -0.39 is 5.91 Å². The molecule has 9 heteroatoms. The molecule has 1 heterocycles. The molecular formula is C27H32N2O6S. The molecule has 4 rings (SSSR count). The molecule has 1 fully saturated rings. The van der Waals surface area contributed by atoms with Crippen molar-refractivity contribution in [3.05, 3.63) is 66.2 Å². The zero-order valence-corrected chi connectivity index (χ0v) is 21.5. The van der Waals surface area contributed by atoms with Crippen molar-refractivity contribution in [1.82, 2.24) is 10.8 Å². The van der Waals surface area contributed by atoms with Crippen LogP contribution in [0, 0.1) is 0 Å². The number of nitrogens with one attached hydrogen (secondary N) is 2. The lowest BCUT2D eigenvalue weighted by molar-refractivity contribution is 0.0699. The molecular weight excluding hydrogens is 480 g/mol. The lowest BCUT2D eigenvalue weighted by Gasteiger charge is -2.23. The summed E-state index contributed by atoms with van der Waals surface area (Å²) in [6, 6.07) is 19.1. The summed E-state index contributed by atoms with van der Waals surface area (Å²) >= 11 is 4.06. The summed E-state index contributed by atoms with van der Waals surface area (Å²) in [4.78, 5) is 11.6. The standard InChI is InChI=1S/C19H23NO3.C8H9NO3S/c1-21-18-8-5-15(13-19(18)22-2)14-3-6-16(7-4-14)23-17-9-11-20-12-10-17;1-12-5-3-2-4-6(13)7(5)8(10)9-11/h3-8,13,17,20H,9-12H2,1-2H3;2-4,11,13H,1H3,(H,9,10). The van der Waals surface area contributed by atoms with Gasteiger partial charge in [0.15, 0.2) is 11.5 Å².